The average molecular weight is 204 g/mol. The summed E-state index contributed by atoms with van der Waals surface area (Å²) in [6.45, 7) is 5.27. The maximum Gasteiger partial charge on any atom is 0.196 e. The zero-order valence-corrected chi connectivity index (χ0v) is 8.92. The summed E-state index contributed by atoms with van der Waals surface area (Å²) >= 11 is 0. The molecule has 0 unspecified atom stereocenters. The molecule has 0 radical (unpaired) electrons. The average Bonchev–Trinajstić information content (AvgIpc) is 2.13. The van der Waals surface area contributed by atoms with Gasteiger partial charge in [0.25, 0.3) is 0 Å². The van der Waals surface area contributed by atoms with Crippen LogP contribution in [-0.4, -0.2) is 5.11 Å². The Labute approximate surface area is 87.0 Å². The van der Waals surface area contributed by atoms with Crippen molar-refractivity contribution in [1.82, 2.24) is 0 Å². The Morgan fingerprint density at radius 3 is 2.53 bits per heavy atom. The van der Waals surface area contributed by atoms with Crippen molar-refractivity contribution in [3.63, 3.8) is 0 Å². The number of aromatic hydroxyl groups is 1. The molecule has 0 atom stereocenters. The summed E-state index contributed by atoms with van der Waals surface area (Å²) in [4.78, 5) is 11.9. The SMILES string of the molecule is Cc1oc2cc(O)cc(C)c2c(=O)c1C. The molecular formula is C12H12O3. The molecule has 0 amide bonds. The van der Waals surface area contributed by atoms with E-state index >= 15 is 0 Å². The first-order valence-corrected chi connectivity index (χ1v) is 4.74. The molecule has 1 aromatic carbocycles. The Morgan fingerprint density at radius 1 is 1.20 bits per heavy atom. The number of phenols is 1. The van der Waals surface area contributed by atoms with E-state index in [0.29, 0.717) is 22.3 Å². The Bertz CT molecular complexity index is 594. The minimum absolute atomic E-state index is 0.0220. The van der Waals surface area contributed by atoms with Gasteiger partial charge in [-0.15, -0.1) is 0 Å². The van der Waals surface area contributed by atoms with E-state index in [0.717, 1.165) is 5.56 Å². The van der Waals surface area contributed by atoms with Crippen LogP contribution in [-0.2, 0) is 0 Å². The highest BCUT2D eigenvalue weighted by atomic mass is 16.3. The van der Waals surface area contributed by atoms with Crippen LogP contribution in [0, 0.1) is 20.8 Å². The van der Waals surface area contributed by atoms with Crippen LogP contribution in [0.4, 0.5) is 0 Å². The largest absolute Gasteiger partial charge is 0.508 e. The van der Waals surface area contributed by atoms with Gasteiger partial charge >= 0.3 is 0 Å². The minimum atomic E-state index is -0.0220. The first kappa shape index (κ1) is 9.77. The van der Waals surface area contributed by atoms with Gasteiger partial charge in [0, 0.05) is 11.6 Å². The molecule has 2 aromatic rings. The van der Waals surface area contributed by atoms with Gasteiger partial charge < -0.3 is 9.52 Å². The van der Waals surface area contributed by atoms with Gasteiger partial charge in [-0.05, 0) is 32.4 Å². The third-order valence-electron chi connectivity index (χ3n) is 2.64. The molecule has 0 aliphatic carbocycles. The van der Waals surface area contributed by atoms with Gasteiger partial charge in [-0.2, -0.15) is 0 Å². The van der Waals surface area contributed by atoms with Crippen molar-refractivity contribution in [3.05, 3.63) is 39.2 Å². The normalized spacial score (nSPS) is 10.9. The summed E-state index contributed by atoms with van der Waals surface area (Å²) in [7, 11) is 0. The summed E-state index contributed by atoms with van der Waals surface area (Å²) in [6.07, 6.45) is 0. The Hall–Kier alpha value is -1.77. The number of hydrogen-bond donors (Lipinski definition) is 1. The van der Waals surface area contributed by atoms with Crippen LogP contribution in [0.2, 0.25) is 0 Å². The fraction of sp³-hybridized carbons (Fsp3) is 0.250. The fourth-order valence-electron chi connectivity index (χ4n) is 1.70. The van der Waals surface area contributed by atoms with Gasteiger partial charge in [-0.1, -0.05) is 0 Å². The number of hydrogen-bond acceptors (Lipinski definition) is 3. The first-order chi connectivity index (χ1) is 7.00. The van der Waals surface area contributed by atoms with Crippen molar-refractivity contribution in [1.29, 1.82) is 0 Å². The zero-order valence-electron chi connectivity index (χ0n) is 8.92. The van der Waals surface area contributed by atoms with E-state index in [9.17, 15) is 9.90 Å². The highest BCUT2D eigenvalue weighted by molar-refractivity contribution is 5.82. The van der Waals surface area contributed by atoms with Crippen LogP contribution in [0.1, 0.15) is 16.9 Å². The van der Waals surface area contributed by atoms with Gasteiger partial charge in [0.2, 0.25) is 0 Å². The predicted octanol–water partition coefficient (Wildman–Crippen LogP) is 2.42. The molecule has 0 aliphatic heterocycles. The van der Waals surface area contributed by atoms with E-state index < -0.39 is 0 Å². The quantitative estimate of drug-likeness (QED) is 0.717. The van der Waals surface area contributed by atoms with E-state index in [2.05, 4.69) is 0 Å². The highest BCUT2D eigenvalue weighted by Crippen LogP contribution is 2.23. The lowest BCUT2D eigenvalue weighted by atomic mass is 10.1. The summed E-state index contributed by atoms with van der Waals surface area (Å²) in [5.41, 5.74) is 1.78. The second kappa shape index (κ2) is 3.12. The smallest absolute Gasteiger partial charge is 0.196 e. The molecular weight excluding hydrogens is 192 g/mol. The van der Waals surface area contributed by atoms with Crippen LogP contribution in [0.3, 0.4) is 0 Å². The van der Waals surface area contributed by atoms with Crippen LogP contribution in [0.15, 0.2) is 21.3 Å². The molecule has 0 bridgehead atoms. The summed E-state index contributed by atoms with van der Waals surface area (Å²) in [6, 6.07) is 3.03. The molecule has 3 nitrogen and oxygen atoms in total. The molecule has 15 heavy (non-hydrogen) atoms. The minimum Gasteiger partial charge on any atom is -0.508 e. The van der Waals surface area contributed by atoms with Gasteiger partial charge in [-0.3, -0.25) is 4.79 Å². The van der Waals surface area contributed by atoms with Crippen molar-refractivity contribution in [3.8, 4) is 5.75 Å². The van der Waals surface area contributed by atoms with Crippen molar-refractivity contribution >= 4 is 11.0 Å². The molecule has 0 saturated carbocycles. The number of rotatable bonds is 0. The van der Waals surface area contributed by atoms with E-state index in [1.54, 1.807) is 26.8 Å². The molecule has 0 spiro atoms. The van der Waals surface area contributed by atoms with E-state index in [4.69, 9.17) is 4.42 Å². The Morgan fingerprint density at radius 2 is 1.87 bits per heavy atom. The number of aryl methyl sites for hydroxylation is 2. The van der Waals surface area contributed by atoms with Crippen LogP contribution < -0.4 is 5.43 Å². The zero-order chi connectivity index (χ0) is 11.2. The van der Waals surface area contributed by atoms with Crippen LogP contribution in [0.5, 0.6) is 5.75 Å². The van der Waals surface area contributed by atoms with E-state index in [1.165, 1.54) is 6.07 Å². The van der Waals surface area contributed by atoms with Crippen molar-refractivity contribution in [2.75, 3.05) is 0 Å². The molecule has 0 saturated heterocycles. The van der Waals surface area contributed by atoms with Gasteiger partial charge in [-0.25, -0.2) is 0 Å². The Balaban J connectivity index is 3.06. The van der Waals surface area contributed by atoms with Gasteiger partial charge in [0.15, 0.2) is 5.43 Å². The lowest BCUT2D eigenvalue weighted by molar-refractivity contribution is 0.472. The second-order valence-corrected chi connectivity index (χ2v) is 3.75. The van der Waals surface area contributed by atoms with Crippen LogP contribution >= 0.6 is 0 Å². The number of fused-ring (bicyclic) bond motifs is 1. The van der Waals surface area contributed by atoms with Crippen molar-refractivity contribution < 1.29 is 9.52 Å². The standard InChI is InChI=1S/C12H12O3/c1-6-4-9(13)5-10-11(6)12(14)7(2)8(3)15-10/h4-5,13H,1-3H3. The maximum atomic E-state index is 11.9. The summed E-state index contributed by atoms with van der Waals surface area (Å²) in [5, 5.41) is 9.95. The maximum absolute atomic E-state index is 11.9. The molecule has 2 rings (SSSR count). The van der Waals surface area contributed by atoms with E-state index in [1.807, 2.05) is 0 Å². The third kappa shape index (κ3) is 1.40. The van der Waals surface area contributed by atoms with Gasteiger partial charge in [0.05, 0.1) is 5.39 Å². The van der Waals surface area contributed by atoms with E-state index in [-0.39, 0.29) is 11.2 Å². The van der Waals surface area contributed by atoms with Gasteiger partial charge in [0.1, 0.15) is 17.1 Å². The van der Waals surface area contributed by atoms with Crippen molar-refractivity contribution in [2.24, 2.45) is 0 Å². The van der Waals surface area contributed by atoms with Crippen molar-refractivity contribution in [2.45, 2.75) is 20.8 Å². The number of benzene rings is 1. The Kier molecular flexibility index (Phi) is 2.03. The topological polar surface area (TPSA) is 50.4 Å². The summed E-state index contributed by atoms with van der Waals surface area (Å²) < 4.78 is 5.47. The molecule has 78 valence electrons. The predicted molar refractivity (Wildman–Crippen MR) is 58.4 cm³/mol. The lowest BCUT2D eigenvalue weighted by Crippen LogP contribution is -2.08. The molecule has 1 aromatic heterocycles. The summed E-state index contributed by atoms with van der Waals surface area (Å²) in [5.74, 6) is 0.712. The second-order valence-electron chi connectivity index (χ2n) is 3.75. The lowest BCUT2D eigenvalue weighted by Gasteiger charge is -2.05. The highest BCUT2D eigenvalue weighted by Gasteiger charge is 2.10. The molecule has 0 fully saturated rings. The molecule has 0 aliphatic rings. The molecule has 1 N–H and O–H groups in total. The third-order valence-corrected chi connectivity index (χ3v) is 2.64. The monoisotopic (exact) mass is 204 g/mol. The fourth-order valence-corrected chi connectivity index (χ4v) is 1.70. The molecule has 3 heteroatoms. The van der Waals surface area contributed by atoms with Crippen LogP contribution in [0.25, 0.3) is 11.0 Å². The number of phenolic OH excluding ortho intramolecular Hbond substituents is 1. The first-order valence-electron chi connectivity index (χ1n) is 4.74. The molecule has 1 heterocycles.